The number of rotatable bonds is 6. The molecule has 3 aromatic carbocycles. The summed E-state index contributed by atoms with van der Waals surface area (Å²) in [5.74, 6) is 0. The Labute approximate surface area is 171 Å². The Morgan fingerprint density at radius 3 is 2.62 bits per heavy atom. The van der Waals surface area contributed by atoms with Crippen molar-refractivity contribution in [2.45, 2.75) is 31.9 Å². The number of hydrogen-bond acceptors (Lipinski definition) is 1. The fourth-order valence-corrected chi connectivity index (χ4v) is 2.31. The van der Waals surface area contributed by atoms with Gasteiger partial charge in [0.15, 0.2) is 0 Å². The Balaban J connectivity index is 2.06. The van der Waals surface area contributed by atoms with E-state index in [1.165, 1.54) is 0 Å². The third kappa shape index (κ3) is 4.44. The van der Waals surface area contributed by atoms with Crippen molar-refractivity contribution in [3.8, 4) is 0 Å². The molecule has 0 saturated carbocycles. The number of hydrogen-bond donors (Lipinski definition) is 1. The lowest BCUT2D eigenvalue weighted by Gasteiger charge is -2.17. The van der Waals surface area contributed by atoms with Crippen LogP contribution in [0.5, 0.6) is 0 Å². The van der Waals surface area contributed by atoms with Crippen LogP contribution in [0, 0.1) is 0 Å². The zero-order valence-electron chi connectivity index (χ0n) is 27.3. The second-order valence-electron chi connectivity index (χ2n) is 5.38. The van der Waals surface area contributed by atoms with Crippen LogP contribution in [0.3, 0.4) is 0 Å². The summed E-state index contributed by atoms with van der Waals surface area (Å²) in [6.07, 6.45) is -5.65. The summed E-state index contributed by atoms with van der Waals surface area (Å²) in [5.41, 5.74) is -2.60. The third-order valence-corrected chi connectivity index (χ3v) is 3.54. The van der Waals surface area contributed by atoms with Crippen molar-refractivity contribution < 1.29 is 32.4 Å². The lowest BCUT2D eigenvalue weighted by Crippen LogP contribution is -2.20. The summed E-state index contributed by atoms with van der Waals surface area (Å²) in [6.45, 7) is -3.25. The van der Waals surface area contributed by atoms with Gasteiger partial charge in [0.1, 0.15) is 0 Å². The lowest BCUT2D eigenvalue weighted by atomic mass is 9.99. The Bertz CT molecular complexity index is 1490. The largest absolute Gasteiger partial charge is 0.416 e. The van der Waals surface area contributed by atoms with Gasteiger partial charge in [-0.1, -0.05) is 60.4 Å². The quantitative estimate of drug-likeness (QED) is 0.513. The molecule has 26 heavy (non-hydrogen) atoms. The molecular weight excluding hydrogens is 335 g/mol. The number of fused-ring (bicyclic) bond motifs is 1. The number of nitrogens with one attached hydrogen (secondary N) is 1. The van der Waals surface area contributed by atoms with Crippen molar-refractivity contribution in [3.63, 3.8) is 0 Å². The summed E-state index contributed by atoms with van der Waals surface area (Å²) in [4.78, 5) is 0. The number of halogens is 3. The molecule has 0 fully saturated rings. The van der Waals surface area contributed by atoms with E-state index in [0.717, 1.165) is 0 Å². The summed E-state index contributed by atoms with van der Waals surface area (Å²) in [7, 11) is 0. The van der Waals surface area contributed by atoms with E-state index in [2.05, 4.69) is 5.32 Å². The molecule has 0 spiro atoms. The maximum absolute atomic E-state index is 13.4. The first-order valence-electron chi connectivity index (χ1n) is 14.6. The summed E-state index contributed by atoms with van der Waals surface area (Å²) >= 11 is 0. The van der Waals surface area contributed by atoms with Crippen LogP contribution in [-0.2, 0) is 12.6 Å². The third-order valence-electron chi connectivity index (χ3n) is 3.54. The van der Waals surface area contributed by atoms with Crippen molar-refractivity contribution in [1.82, 2.24) is 5.32 Å². The van der Waals surface area contributed by atoms with Gasteiger partial charge in [-0.2, -0.15) is 13.2 Å². The molecule has 0 saturated heterocycles. The van der Waals surface area contributed by atoms with Crippen LogP contribution in [-0.4, -0.2) is 6.54 Å². The van der Waals surface area contributed by atoms with E-state index < -0.39 is 113 Å². The van der Waals surface area contributed by atoms with E-state index >= 15 is 0 Å². The van der Waals surface area contributed by atoms with Crippen molar-refractivity contribution in [2.75, 3.05) is 6.54 Å². The Morgan fingerprint density at radius 2 is 1.81 bits per heavy atom. The molecular formula is C22H22F3N. The first-order valence-corrected chi connectivity index (χ1v) is 7.64. The summed E-state index contributed by atoms with van der Waals surface area (Å²) < 4.78 is 152. The standard InChI is InChI=1S/C22H22F3N/c1-16(20-13-5-10-18-9-2-3-12-21(18)20)26-14-6-8-17-7-4-11-19(15-17)22(23,24)25/h2-5,7,9-13,15-16,26H,6,8,14H2,1H3/t16-/m1/s1/i1D3,2D,3D,4D,5D,7D,9D,10D,11D,12D,13D,15D. The predicted octanol–water partition coefficient (Wildman–Crippen LogP) is 6.14. The van der Waals surface area contributed by atoms with Gasteiger partial charge < -0.3 is 5.32 Å². The van der Waals surface area contributed by atoms with Gasteiger partial charge in [0, 0.05) is 10.2 Å². The van der Waals surface area contributed by atoms with Crippen molar-refractivity contribution in [2.24, 2.45) is 0 Å². The van der Waals surface area contributed by atoms with Gasteiger partial charge in [0.05, 0.1) is 20.6 Å². The van der Waals surface area contributed by atoms with E-state index in [1.54, 1.807) is 0 Å². The second kappa shape index (κ2) is 7.92. The maximum atomic E-state index is 13.4. The smallest absolute Gasteiger partial charge is 0.310 e. The molecule has 1 N–H and O–H groups in total. The molecule has 0 heterocycles. The van der Waals surface area contributed by atoms with Gasteiger partial charge in [0.25, 0.3) is 0 Å². The summed E-state index contributed by atoms with van der Waals surface area (Å²) in [5, 5.41) is 1.75. The molecule has 0 aliphatic rings. The van der Waals surface area contributed by atoms with Gasteiger partial charge in [-0.15, -0.1) is 0 Å². The Kier molecular flexibility index (Phi) is 2.35. The first kappa shape index (κ1) is 7.73. The molecule has 0 aromatic heterocycles. The van der Waals surface area contributed by atoms with Crippen molar-refractivity contribution in [3.05, 3.63) is 83.2 Å². The van der Waals surface area contributed by atoms with Crippen LogP contribution >= 0.6 is 0 Å². The van der Waals surface area contributed by atoms with E-state index in [-0.39, 0.29) is 19.4 Å². The van der Waals surface area contributed by atoms with Crippen LogP contribution in [0.2, 0.25) is 0 Å². The molecule has 136 valence electrons. The van der Waals surface area contributed by atoms with Crippen LogP contribution < -0.4 is 5.32 Å². The highest BCUT2D eigenvalue weighted by Gasteiger charge is 2.30. The minimum atomic E-state index is -5.11. The van der Waals surface area contributed by atoms with Crippen LogP contribution in [0.15, 0.2) is 66.5 Å². The van der Waals surface area contributed by atoms with Crippen LogP contribution in [0.1, 0.15) is 55.2 Å². The molecule has 3 rings (SSSR count). The zero-order valence-corrected chi connectivity index (χ0v) is 13.3. The number of alkyl halides is 3. The topological polar surface area (TPSA) is 12.0 Å². The highest BCUT2D eigenvalue weighted by molar-refractivity contribution is 5.86. The molecule has 1 nitrogen and oxygen atoms in total. The molecule has 0 bridgehead atoms. The molecule has 0 aliphatic heterocycles. The first-order chi connectivity index (χ1) is 18.2. The average Bonchev–Trinajstić information content (AvgIpc) is 2.84. The normalized spacial score (nSPS) is 21.2. The Morgan fingerprint density at radius 1 is 1.04 bits per heavy atom. The lowest BCUT2D eigenvalue weighted by molar-refractivity contribution is -0.137. The minimum absolute atomic E-state index is 0.161. The molecule has 3 aromatic rings. The van der Waals surface area contributed by atoms with Crippen LogP contribution in [0.25, 0.3) is 10.8 Å². The van der Waals surface area contributed by atoms with Gasteiger partial charge in [-0.05, 0) is 54.2 Å². The minimum Gasteiger partial charge on any atom is -0.310 e. The van der Waals surface area contributed by atoms with E-state index in [1.807, 2.05) is 0 Å². The average molecular weight is 372 g/mol. The SMILES string of the molecule is [2H]c1c([2H])c(CCCN[C@@H](c2c([2H])c([2H])c([2H])c3c([2H])c([2H])c([2H])c([2H])c23)C([2H])([2H])[2H])c([2H])c(C(F)(F)F)c1[2H]. The zero-order chi connectivity index (χ0) is 30.6. The molecule has 0 aliphatic carbocycles. The summed E-state index contributed by atoms with van der Waals surface area (Å²) in [6, 6.07) is -11.0. The highest BCUT2D eigenvalue weighted by Crippen LogP contribution is 2.29. The second-order valence-corrected chi connectivity index (χ2v) is 5.38. The Hall–Kier alpha value is -2.33. The predicted molar refractivity (Wildman–Crippen MR) is 100 cm³/mol. The van der Waals surface area contributed by atoms with Gasteiger partial charge in [-0.3, -0.25) is 0 Å². The molecule has 1 atom stereocenters. The highest BCUT2D eigenvalue weighted by atomic mass is 19.4. The van der Waals surface area contributed by atoms with E-state index in [0.29, 0.717) is 0 Å². The fraction of sp³-hybridized carbons (Fsp3) is 0.273. The van der Waals surface area contributed by atoms with E-state index in [4.69, 9.17) is 19.2 Å². The molecule has 0 amide bonds. The van der Waals surface area contributed by atoms with Gasteiger partial charge >= 0.3 is 6.18 Å². The number of benzene rings is 3. The van der Waals surface area contributed by atoms with Crippen molar-refractivity contribution in [1.29, 1.82) is 0 Å². The van der Waals surface area contributed by atoms with Gasteiger partial charge in [-0.25, -0.2) is 0 Å². The molecule has 0 unspecified atom stereocenters. The van der Waals surface area contributed by atoms with Crippen LogP contribution in [0.4, 0.5) is 13.2 Å². The fourth-order valence-electron chi connectivity index (χ4n) is 2.31. The van der Waals surface area contributed by atoms with E-state index in [9.17, 15) is 13.2 Å². The van der Waals surface area contributed by atoms with Gasteiger partial charge in [0.2, 0.25) is 0 Å². The molecule has 0 radical (unpaired) electrons. The monoisotopic (exact) mass is 371 g/mol. The maximum Gasteiger partial charge on any atom is 0.416 e. The molecule has 4 heteroatoms. The van der Waals surface area contributed by atoms with Crippen molar-refractivity contribution >= 4 is 10.8 Å².